The fraction of sp³-hybridized carbons (Fsp3) is 0.429. The third kappa shape index (κ3) is 7.55. The van der Waals surface area contributed by atoms with Crippen LogP contribution in [0.15, 0.2) is 59.2 Å². The average molecular weight is 509 g/mol. The molecule has 2 aromatic carbocycles. The number of aromatic nitrogens is 1. The van der Waals surface area contributed by atoms with Crippen molar-refractivity contribution in [2.24, 2.45) is 0 Å². The Morgan fingerprint density at radius 2 is 1.81 bits per heavy atom. The minimum Gasteiger partial charge on any atom is -0.497 e. The van der Waals surface area contributed by atoms with Crippen LogP contribution in [0.2, 0.25) is 0 Å². The normalized spacial score (nSPS) is 14.1. The Balaban J connectivity index is 1.44. The van der Waals surface area contributed by atoms with E-state index in [-0.39, 0.29) is 5.91 Å². The zero-order valence-electron chi connectivity index (χ0n) is 21.9. The van der Waals surface area contributed by atoms with Gasteiger partial charge < -0.3 is 23.5 Å². The fourth-order valence-corrected chi connectivity index (χ4v) is 4.34. The van der Waals surface area contributed by atoms with E-state index in [1.54, 1.807) is 26.2 Å². The lowest BCUT2D eigenvalue weighted by Crippen LogP contribution is -2.41. The number of carbonyl (C=O) groups is 1. The van der Waals surface area contributed by atoms with Crippen LogP contribution in [0.1, 0.15) is 27.5 Å². The summed E-state index contributed by atoms with van der Waals surface area (Å²) in [5, 5.41) is 0. The fourth-order valence-electron chi connectivity index (χ4n) is 4.34. The van der Waals surface area contributed by atoms with Crippen LogP contribution in [0, 0.1) is 0 Å². The molecule has 198 valence electrons. The predicted octanol–water partition coefficient (Wildman–Crippen LogP) is 3.30. The highest BCUT2D eigenvalue weighted by Crippen LogP contribution is 2.26. The second-order valence-corrected chi connectivity index (χ2v) is 9.12. The maximum absolute atomic E-state index is 13.0. The summed E-state index contributed by atoms with van der Waals surface area (Å²) < 4.78 is 22.2. The predicted molar refractivity (Wildman–Crippen MR) is 140 cm³/mol. The van der Waals surface area contributed by atoms with Crippen LogP contribution < -0.4 is 9.47 Å². The molecule has 0 atom stereocenters. The first-order valence-electron chi connectivity index (χ1n) is 12.5. The van der Waals surface area contributed by atoms with E-state index in [1.807, 2.05) is 48.5 Å². The smallest absolute Gasteiger partial charge is 0.275 e. The van der Waals surface area contributed by atoms with Gasteiger partial charge in [0.15, 0.2) is 5.69 Å². The highest BCUT2D eigenvalue weighted by Gasteiger charge is 2.20. The first kappa shape index (κ1) is 26.7. The van der Waals surface area contributed by atoms with Gasteiger partial charge in [-0.2, -0.15) is 0 Å². The molecule has 1 amide bonds. The molecule has 4 rings (SSSR count). The van der Waals surface area contributed by atoms with Crippen LogP contribution in [-0.4, -0.2) is 86.3 Å². The molecule has 1 aliphatic rings. The summed E-state index contributed by atoms with van der Waals surface area (Å²) in [6.45, 7) is 6.66. The van der Waals surface area contributed by atoms with Crippen LogP contribution in [0.3, 0.4) is 0 Å². The minimum atomic E-state index is -0.171. The lowest BCUT2D eigenvalue weighted by Gasteiger charge is -2.30. The molecule has 0 aliphatic carbocycles. The van der Waals surface area contributed by atoms with Crippen molar-refractivity contribution in [2.45, 2.75) is 19.6 Å². The Kier molecular flexibility index (Phi) is 9.53. The van der Waals surface area contributed by atoms with E-state index < -0.39 is 0 Å². The molecule has 1 aromatic heterocycles. The maximum atomic E-state index is 13.0. The molecule has 0 spiro atoms. The Hall–Kier alpha value is -3.40. The molecule has 9 heteroatoms. The summed E-state index contributed by atoms with van der Waals surface area (Å²) in [6.07, 6.45) is 1.45. The Morgan fingerprint density at radius 1 is 1.03 bits per heavy atom. The average Bonchev–Trinajstić information content (AvgIpc) is 3.41. The zero-order chi connectivity index (χ0) is 26.0. The van der Waals surface area contributed by atoms with Gasteiger partial charge in [0.2, 0.25) is 5.89 Å². The first-order chi connectivity index (χ1) is 18.1. The third-order valence-corrected chi connectivity index (χ3v) is 6.46. The van der Waals surface area contributed by atoms with Gasteiger partial charge in [0.05, 0.1) is 34.0 Å². The number of morpholine rings is 1. The SMILES string of the molecule is COc1ccc(CN(CCN2CCOCC2)Cc2nc(C(=O)N(C)Cc3ccccc3)co2)c(OC)c1. The molecule has 37 heavy (non-hydrogen) atoms. The molecule has 0 unspecified atom stereocenters. The summed E-state index contributed by atoms with van der Waals surface area (Å²) in [5.41, 5.74) is 2.41. The van der Waals surface area contributed by atoms with Gasteiger partial charge in [-0.15, -0.1) is 0 Å². The van der Waals surface area contributed by atoms with Gasteiger partial charge in [-0.1, -0.05) is 36.4 Å². The standard InChI is InChI=1S/C28H36N4O5/c1-30(18-22-7-5-4-6-8-22)28(33)25-21-37-27(29-25)20-32(12-11-31-13-15-36-16-14-31)19-23-9-10-24(34-2)17-26(23)35-3/h4-10,17,21H,11-16,18-20H2,1-3H3. The largest absolute Gasteiger partial charge is 0.497 e. The quantitative estimate of drug-likeness (QED) is 0.369. The summed E-state index contributed by atoms with van der Waals surface area (Å²) in [6, 6.07) is 15.7. The van der Waals surface area contributed by atoms with Gasteiger partial charge in [-0.3, -0.25) is 14.6 Å². The van der Waals surface area contributed by atoms with Crippen molar-refractivity contribution in [3.05, 3.63) is 77.5 Å². The van der Waals surface area contributed by atoms with Gasteiger partial charge in [-0.05, 0) is 11.6 Å². The van der Waals surface area contributed by atoms with Gasteiger partial charge in [0.25, 0.3) is 5.91 Å². The molecule has 0 saturated carbocycles. The number of methoxy groups -OCH3 is 2. The van der Waals surface area contributed by atoms with Crippen molar-refractivity contribution in [3.8, 4) is 11.5 Å². The number of benzene rings is 2. The van der Waals surface area contributed by atoms with Crippen LogP contribution in [0.25, 0.3) is 0 Å². The first-order valence-corrected chi connectivity index (χ1v) is 12.5. The molecule has 1 aliphatic heterocycles. The van der Waals surface area contributed by atoms with Crippen molar-refractivity contribution in [1.29, 1.82) is 0 Å². The minimum absolute atomic E-state index is 0.171. The number of nitrogens with zero attached hydrogens (tertiary/aromatic N) is 4. The second kappa shape index (κ2) is 13.2. The van der Waals surface area contributed by atoms with E-state index in [9.17, 15) is 4.79 Å². The van der Waals surface area contributed by atoms with Gasteiger partial charge in [0, 0.05) is 57.9 Å². The van der Waals surface area contributed by atoms with Crippen LogP contribution in [-0.2, 0) is 24.4 Å². The van der Waals surface area contributed by atoms with E-state index in [1.165, 1.54) is 6.26 Å². The molecule has 9 nitrogen and oxygen atoms in total. The Morgan fingerprint density at radius 3 is 2.54 bits per heavy atom. The molecule has 1 fully saturated rings. The van der Waals surface area contributed by atoms with E-state index in [4.69, 9.17) is 18.6 Å². The summed E-state index contributed by atoms with van der Waals surface area (Å²) in [4.78, 5) is 23.8. The monoisotopic (exact) mass is 508 g/mol. The molecular formula is C28H36N4O5. The summed E-state index contributed by atoms with van der Waals surface area (Å²) in [7, 11) is 5.07. The highest BCUT2D eigenvalue weighted by molar-refractivity contribution is 5.91. The Bertz CT molecular complexity index is 1130. The summed E-state index contributed by atoms with van der Waals surface area (Å²) >= 11 is 0. The number of hydrogen-bond acceptors (Lipinski definition) is 8. The van der Waals surface area contributed by atoms with Gasteiger partial charge >= 0.3 is 0 Å². The number of hydrogen-bond donors (Lipinski definition) is 0. The molecule has 3 aromatic rings. The van der Waals surface area contributed by atoms with Crippen LogP contribution >= 0.6 is 0 Å². The van der Waals surface area contributed by atoms with Crippen LogP contribution in [0.4, 0.5) is 0 Å². The lowest BCUT2D eigenvalue weighted by atomic mass is 10.1. The number of carbonyl (C=O) groups excluding carboxylic acids is 1. The lowest BCUT2D eigenvalue weighted by molar-refractivity contribution is 0.0320. The highest BCUT2D eigenvalue weighted by atomic mass is 16.5. The number of rotatable bonds is 12. The van der Waals surface area contributed by atoms with Gasteiger partial charge in [0.1, 0.15) is 17.8 Å². The number of ether oxygens (including phenoxy) is 3. The van der Waals surface area contributed by atoms with Gasteiger partial charge in [-0.25, -0.2) is 4.98 Å². The molecule has 2 heterocycles. The van der Waals surface area contributed by atoms with Crippen molar-refractivity contribution < 1.29 is 23.4 Å². The van der Waals surface area contributed by atoms with Crippen LogP contribution in [0.5, 0.6) is 11.5 Å². The second-order valence-electron chi connectivity index (χ2n) is 9.12. The number of amides is 1. The Labute approximate surface area is 218 Å². The molecule has 0 N–H and O–H groups in total. The van der Waals surface area contributed by atoms with Crippen molar-refractivity contribution in [3.63, 3.8) is 0 Å². The van der Waals surface area contributed by atoms with Crippen molar-refractivity contribution in [1.82, 2.24) is 19.7 Å². The molecule has 0 bridgehead atoms. The maximum Gasteiger partial charge on any atom is 0.275 e. The van der Waals surface area contributed by atoms with Crippen molar-refractivity contribution in [2.75, 3.05) is 60.7 Å². The molecule has 1 saturated heterocycles. The van der Waals surface area contributed by atoms with E-state index in [2.05, 4.69) is 14.8 Å². The third-order valence-electron chi connectivity index (χ3n) is 6.46. The van der Waals surface area contributed by atoms with Crippen molar-refractivity contribution >= 4 is 5.91 Å². The summed E-state index contributed by atoms with van der Waals surface area (Å²) in [5.74, 6) is 1.85. The van der Waals surface area contributed by atoms with E-state index >= 15 is 0 Å². The zero-order valence-corrected chi connectivity index (χ0v) is 21.9. The van der Waals surface area contributed by atoms with E-state index in [0.717, 1.165) is 62.0 Å². The van der Waals surface area contributed by atoms with E-state index in [0.29, 0.717) is 31.2 Å². The molecular weight excluding hydrogens is 472 g/mol. The topological polar surface area (TPSA) is 80.5 Å². The number of oxazole rings is 1. The molecule has 0 radical (unpaired) electrons.